The summed E-state index contributed by atoms with van der Waals surface area (Å²) < 4.78 is 5.77. The summed E-state index contributed by atoms with van der Waals surface area (Å²) >= 11 is 0. The lowest BCUT2D eigenvalue weighted by molar-refractivity contribution is 0.387. The van der Waals surface area contributed by atoms with Crippen molar-refractivity contribution in [2.75, 3.05) is 6.54 Å². The van der Waals surface area contributed by atoms with E-state index >= 15 is 0 Å². The zero-order valence-corrected chi connectivity index (χ0v) is 10.5. The normalized spacial score (nSPS) is 11.9. The molecule has 1 heterocycles. The topological polar surface area (TPSA) is 25.2 Å². The van der Waals surface area contributed by atoms with Crippen molar-refractivity contribution >= 4 is 0 Å². The molecule has 1 atom stereocenters. The third-order valence-electron chi connectivity index (χ3n) is 2.56. The maximum Gasteiger partial charge on any atom is 0.121 e. The van der Waals surface area contributed by atoms with Crippen LogP contribution in [0.5, 0.6) is 0 Å². The number of hydrogen-bond acceptors (Lipinski definition) is 2. The molecule has 0 aliphatic rings. The highest BCUT2D eigenvalue weighted by Gasteiger charge is 2.13. The maximum atomic E-state index is 5.77. The largest absolute Gasteiger partial charge is 0.464 e. The Balaban J connectivity index is 2.63. The van der Waals surface area contributed by atoms with Crippen molar-refractivity contribution in [3.63, 3.8) is 0 Å². The molecule has 2 heteroatoms. The molecule has 0 radical (unpaired) electrons. The van der Waals surface area contributed by atoms with Gasteiger partial charge in [0.1, 0.15) is 11.5 Å². The fourth-order valence-corrected chi connectivity index (χ4v) is 1.70. The zero-order chi connectivity index (χ0) is 11.8. The first-order valence-corrected chi connectivity index (χ1v) is 6.03. The minimum absolute atomic E-state index is 0.297. The molecule has 0 saturated carbocycles. The van der Waals surface area contributed by atoms with Gasteiger partial charge < -0.3 is 9.73 Å². The second kappa shape index (κ2) is 7.14. The number of nitrogens with one attached hydrogen (secondary N) is 1. The van der Waals surface area contributed by atoms with Crippen LogP contribution in [-0.4, -0.2) is 6.54 Å². The van der Waals surface area contributed by atoms with Crippen LogP contribution in [0.15, 0.2) is 16.5 Å². The van der Waals surface area contributed by atoms with Gasteiger partial charge in [0.25, 0.3) is 0 Å². The fourth-order valence-electron chi connectivity index (χ4n) is 1.70. The molecule has 0 bridgehead atoms. The number of hydrogen-bond donors (Lipinski definition) is 1. The van der Waals surface area contributed by atoms with Gasteiger partial charge in [-0.2, -0.15) is 0 Å². The van der Waals surface area contributed by atoms with Crippen molar-refractivity contribution in [3.8, 4) is 11.8 Å². The molecule has 1 aromatic heterocycles. The van der Waals surface area contributed by atoms with E-state index in [1.54, 1.807) is 0 Å². The molecule has 0 amide bonds. The van der Waals surface area contributed by atoms with E-state index in [1.165, 1.54) is 0 Å². The van der Waals surface area contributed by atoms with Gasteiger partial charge >= 0.3 is 0 Å². The minimum Gasteiger partial charge on any atom is -0.464 e. The number of furan rings is 1. The molecule has 0 aromatic carbocycles. The highest BCUT2D eigenvalue weighted by atomic mass is 16.3. The first-order valence-electron chi connectivity index (χ1n) is 6.03. The number of aryl methyl sites for hydroxylation is 1. The molecule has 0 aliphatic heterocycles. The van der Waals surface area contributed by atoms with Crippen LogP contribution in [0.25, 0.3) is 0 Å². The van der Waals surface area contributed by atoms with Crippen molar-refractivity contribution in [1.82, 2.24) is 5.32 Å². The SMILES string of the molecule is CC#CCCC(NCC)c1ccc(CC)o1. The molecule has 0 aliphatic carbocycles. The van der Waals surface area contributed by atoms with Crippen LogP contribution >= 0.6 is 0 Å². The van der Waals surface area contributed by atoms with Gasteiger partial charge in [0.15, 0.2) is 0 Å². The molecule has 0 saturated heterocycles. The monoisotopic (exact) mass is 219 g/mol. The van der Waals surface area contributed by atoms with E-state index in [0.29, 0.717) is 6.04 Å². The highest BCUT2D eigenvalue weighted by molar-refractivity contribution is 5.11. The van der Waals surface area contributed by atoms with Crippen LogP contribution in [0.1, 0.15) is 51.2 Å². The van der Waals surface area contributed by atoms with Crippen molar-refractivity contribution in [2.45, 2.75) is 46.1 Å². The lowest BCUT2D eigenvalue weighted by atomic mass is 10.1. The summed E-state index contributed by atoms with van der Waals surface area (Å²) in [5.74, 6) is 8.11. The first kappa shape index (κ1) is 12.9. The minimum atomic E-state index is 0.297. The van der Waals surface area contributed by atoms with Crippen LogP contribution in [0.4, 0.5) is 0 Å². The Bertz CT molecular complexity index is 356. The molecule has 0 spiro atoms. The molecule has 1 unspecified atom stereocenters. The van der Waals surface area contributed by atoms with Crippen LogP contribution in [0.3, 0.4) is 0 Å². The standard InChI is InChI=1S/C14H21NO/c1-4-7-8-9-13(15-6-3)14-11-10-12(5-2)16-14/h10-11,13,15H,5-6,8-9H2,1-3H3. The summed E-state index contributed by atoms with van der Waals surface area (Å²) in [6, 6.07) is 4.43. The van der Waals surface area contributed by atoms with E-state index in [4.69, 9.17) is 4.42 Å². The van der Waals surface area contributed by atoms with Gasteiger partial charge in [-0.3, -0.25) is 0 Å². The maximum absolute atomic E-state index is 5.77. The van der Waals surface area contributed by atoms with Crippen molar-refractivity contribution in [3.05, 3.63) is 23.7 Å². The lowest BCUT2D eigenvalue weighted by Gasteiger charge is -2.13. The summed E-state index contributed by atoms with van der Waals surface area (Å²) in [6.45, 7) is 7.05. The Kier molecular flexibility index (Phi) is 5.74. The molecule has 0 fully saturated rings. The Morgan fingerprint density at radius 2 is 2.19 bits per heavy atom. The van der Waals surface area contributed by atoms with Gasteiger partial charge in [-0.25, -0.2) is 0 Å². The van der Waals surface area contributed by atoms with Gasteiger partial charge in [-0.05, 0) is 32.0 Å². The third kappa shape index (κ3) is 3.75. The van der Waals surface area contributed by atoms with E-state index in [0.717, 1.165) is 37.3 Å². The van der Waals surface area contributed by atoms with E-state index in [2.05, 4.69) is 43.1 Å². The van der Waals surface area contributed by atoms with Gasteiger partial charge in [0, 0.05) is 12.8 Å². The Morgan fingerprint density at radius 3 is 2.75 bits per heavy atom. The molecular formula is C14H21NO. The molecule has 88 valence electrons. The third-order valence-corrected chi connectivity index (χ3v) is 2.56. The second-order valence-corrected chi connectivity index (χ2v) is 3.73. The molecule has 1 N–H and O–H groups in total. The highest BCUT2D eigenvalue weighted by Crippen LogP contribution is 2.21. The van der Waals surface area contributed by atoms with Gasteiger partial charge in [0.05, 0.1) is 6.04 Å². The predicted octanol–water partition coefficient (Wildman–Crippen LogP) is 3.30. The molecule has 2 nitrogen and oxygen atoms in total. The predicted molar refractivity (Wildman–Crippen MR) is 67.2 cm³/mol. The molecular weight excluding hydrogens is 198 g/mol. The average molecular weight is 219 g/mol. The van der Waals surface area contributed by atoms with Crippen LogP contribution in [0, 0.1) is 11.8 Å². The van der Waals surface area contributed by atoms with Crippen LogP contribution in [0.2, 0.25) is 0 Å². The quantitative estimate of drug-likeness (QED) is 0.743. The lowest BCUT2D eigenvalue weighted by Crippen LogP contribution is -2.20. The zero-order valence-electron chi connectivity index (χ0n) is 10.5. The average Bonchev–Trinajstić information content (AvgIpc) is 2.76. The number of rotatable bonds is 6. The first-order chi connectivity index (χ1) is 7.81. The smallest absolute Gasteiger partial charge is 0.121 e. The van der Waals surface area contributed by atoms with Gasteiger partial charge in [-0.1, -0.05) is 13.8 Å². The van der Waals surface area contributed by atoms with E-state index in [1.807, 2.05) is 6.92 Å². The van der Waals surface area contributed by atoms with Gasteiger partial charge in [0.2, 0.25) is 0 Å². The van der Waals surface area contributed by atoms with Crippen molar-refractivity contribution < 1.29 is 4.42 Å². The Hall–Kier alpha value is -1.20. The molecule has 16 heavy (non-hydrogen) atoms. The summed E-state index contributed by atoms with van der Waals surface area (Å²) in [6.07, 6.45) is 2.87. The Morgan fingerprint density at radius 1 is 1.38 bits per heavy atom. The van der Waals surface area contributed by atoms with Crippen molar-refractivity contribution in [2.24, 2.45) is 0 Å². The van der Waals surface area contributed by atoms with E-state index in [9.17, 15) is 0 Å². The second-order valence-electron chi connectivity index (χ2n) is 3.73. The summed E-state index contributed by atoms with van der Waals surface area (Å²) in [7, 11) is 0. The molecule has 1 aromatic rings. The Labute approximate surface area is 98.4 Å². The van der Waals surface area contributed by atoms with Gasteiger partial charge in [-0.15, -0.1) is 11.8 Å². The fraction of sp³-hybridized carbons (Fsp3) is 0.571. The van der Waals surface area contributed by atoms with Crippen molar-refractivity contribution in [1.29, 1.82) is 0 Å². The molecule has 1 rings (SSSR count). The van der Waals surface area contributed by atoms with Crippen LogP contribution < -0.4 is 5.32 Å². The van der Waals surface area contributed by atoms with E-state index < -0.39 is 0 Å². The van der Waals surface area contributed by atoms with E-state index in [-0.39, 0.29) is 0 Å². The summed E-state index contributed by atoms with van der Waals surface area (Å²) in [4.78, 5) is 0. The summed E-state index contributed by atoms with van der Waals surface area (Å²) in [5.41, 5.74) is 0. The van der Waals surface area contributed by atoms with Crippen LogP contribution in [-0.2, 0) is 6.42 Å². The summed E-state index contributed by atoms with van der Waals surface area (Å²) in [5, 5.41) is 3.43.